The standard InChI is InChI=1S/C18H21BrFN3O4/c19-5-1-2-17(24)21-11-14-12-23(18(25)27-14)13-3-4-16(15(20)10-13)22-6-8-26-9-7-22/h1-4,10,14H,5-9,11-12H2,(H,21,24)/t14-/m0/s1. The van der Waals surface area contributed by atoms with E-state index in [1.165, 1.54) is 17.0 Å². The molecule has 9 heteroatoms. The number of allylic oxidation sites excluding steroid dienone is 1. The quantitative estimate of drug-likeness (QED) is 0.540. The van der Waals surface area contributed by atoms with Crippen molar-refractivity contribution in [3.05, 3.63) is 36.2 Å². The van der Waals surface area contributed by atoms with E-state index in [1.54, 1.807) is 18.2 Å². The van der Waals surface area contributed by atoms with Crippen LogP contribution in [0.3, 0.4) is 0 Å². The summed E-state index contributed by atoms with van der Waals surface area (Å²) in [5.74, 6) is -0.649. The van der Waals surface area contributed by atoms with E-state index in [9.17, 15) is 14.0 Å². The first-order valence-corrected chi connectivity index (χ1v) is 9.81. The van der Waals surface area contributed by atoms with Crippen LogP contribution in [0, 0.1) is 5.82 Å². The molecule has 146 valence electrons. The Morgan fingerprint density at radius 1 is 1.37 bits per heavy atom. The second kappa shape index (κ2) is 9.18. The average molecular weight is 442 g/mol. The van der Waals surface area contributed by atoms with Gasteiger partial charge in [-0.1, -0.05) is 22.0 Å². The van der Waals surface area contributed by atoms with Gasteiger partial charge >= 0.3 is 6.09 Å². The van der Waals surface area contributed by atoms with Gasteiger partial charge in [-0.3, -0.25) is 9.69 Å². The van der Waals surface area contributed by atoms with Crippen molar-refractivity contribution < 1.29 is 23.5 Å². The normalized spacial score (nSPS) is 20.2. The van der Waals surface area contributed by atoms with Gasteiger partial charge in [0.05, 0.1) is 37.7 Å². The number of hydrogen-bond acceptors (Lipinski definition) is 5. The molecule has 0 saturated carbocycles. The molecule has 0 bridgehead atoms. The van der Waals surface area contributed by atoms with Crippen molar-refractivity contribution in [3.63, 3.8) is 0 Å². The van der Waals surface area contributed by atoms with Crippen LogP contribution in [0.1, 0.15) is 0 Å². The molecule has 1 aromatic carbocycles. The number of carbonyl (C=O) groups excluding carboxylic acids is 2. The van der Waals surface area contributed by atoms with Crippen molar-refractivity contribution in [2.45, 2.75) is 6.10 Å². The minimum Gasteiger partial charge on any atom is -0.442 e. The predicted octanol–water partition coefficient (Wildman–Crippen LogP) is 2.05. The molecule has 0 aromatic heterocycles. The highest BCUT2D eigenvalue weighted by molar-refractivity contribution is 9.09. The van der Waals surface area contributed by atoms with E-state index in [-0.39, 0.29) is 24.8 Å². The highest BCUT2D eigenvalue weighted by Crippen LogP contribution is 2.28. The lowest BCUT2D eigenvalue weighted by Crippen LogP contribution is -2.36. The number of halogens is 2. The van der Waals surface area contributed by atoms with Gasteiger partial charge in [0, 0.05) is 18.4 Å². The molecule has 0 aliphatic carbocycles. The van der Waals surface area contributed by atoms with Crippen LogP contribution in [0.2, 0.25) is 0 Å². The zero-order chi connectivity index (χ0) is 19.2. The highest BCUT2D eigenvalue weighted by atomic mass is 79.9. The van der Waals surface area contributed by atoms with Crippen molar-refractivity contribution in [1.29, 1.82) is 0 Å². The summed E-state index contributed by atoms with van der Waals surface area (Å²) >= 11 is 3.19. The molecular formula is C18H21BrFN3O4. The minimum atomic E-state index is -0.552. The molecule has 27 heavy (non-hydrogen) atoms. The van der Waals surface area contributed by atoms with Gasteiger partial charge in [0.25, 0.3) is 0 Å². The van der Waals surface area contributed by atoms with E-state index in [0.29, 0.717) is 43.0 Å². The van der Waals surface area contributed by atoms with E-state index in [1.807, 2.05) is 4.90 Å². The summed E-state index contributed by atoms with van der Waals surface area (Å²) in [5, 5.41) is 3.25. The summed E-state index contributed by atoms with van der Waals surface area (Å²) < 4.78 is 25.1. The second-order valence-electron chi connectivity index (χ2n) is 6.15. The van der Waals surface area contributed by atoms with E-state index >= 15 is 0 Å². The summed E-state index contributed by atoms with van der Waals surface area (Å²) in [6.45, 7) is 2.84. The molecule has 1 atom stereocenters. The maximum atomic E-state index is 14.6. The van der Waals surface area contributed by atoms with Crippen molar-refractivity contribution in [2.75, 3.05) is 54.5 Å². The summed E-state index contributed by atoms with van der Waals surface area (Å²) in [6.07, 6.45) is 2.04. The fourth-order valence-electron chi connectivity index (χ4n) is 2.99. The third-order valence-electron chi connectivity index (χ3n) is 4.33. The zero-order valence-electron chi connectivity index (χ0n) is 14.7. The van der Waals surface area contributed by atoms with Crippen molar-refractivity contribution in [1.82, 2.24) is 5.32 Å². The molecule has 1 N–H and O–H groups in total. The summed E-state index contributed by atoms with van der Waals surface area (Å²) in [6, 6.07) is 4.71. The molecule has 0 unspecified atom stereocenters. The number of alkyl halides is 1. The third-order valence-corrected chi connectivity index (χ3v) is 4.70. The number of cyclic esters (lactones) is 1. The van der Waals surface area contributed by atoms with Gasteiger partial charge < -0.3 is 19.7 Å². The second-order valence-corrected chi connectivity index (χ2v) is 6.80. The van der Waals surface area contributed by atoms with Gasteiger partial charge in [-0.25, -0.2) is 9.18 Å². The lowest BCUT2D eigenvalue weighted by Gasteiger charge is -2.29. The molecule has 3 rings (SSSR count). The fourth-order valence-corrected chi connectivity index (χ4v) is 3.17. The van der Waals surface area contributed by atoms with Gasteiger partial charge in [0.1, 0.15) is 11.9 Å². The zero-order valence-corrected chi connectivity index (χ0v) is 16.3. The van der Waals surface area contributed by atoms with Crippen LogP contribution in [-0.2, 0) is 14.3 Å². The van der Waals surface area contributed by atoms with Crippen molar-refractivity contribution in [3.8, 4) is 0 Å². The number of nitrogens with one attached hydrogen (secondary N) is 1. The molecule has 1 aromatic rings. The Balaban J connectivity index is 1.61. The molecule has 2 heterocycles. The third kappa shape index (κ3) is 4.98. The number of morpholine rings is 1. The Morgan fingerprint density at radius 3 is 2.85 bits per heavy atom. The number of anilines is 2. The molecule has 0 radical (unpaired) electrons. The van der Waals surface area contributed by atoms with Crippen LogP contribution in [0.4, 0.5) is 20.6 Å². The Kier molecular flexibility index (Phi) is 6.68. The lowest BCUT2D eigenvalue weighted by atomic mass is 10.2. The molecule has 2 fully saturated rings. The van der Waals surface area contributed by atoms with Gasteiger partial charge in [0.15, 0.2) is 0 Å². The Bertz CT molecular complexity index is 725. The van der Waals surface area contributed by atoms with E-state index in [4.69, 9.17) is 9.47 Å². The lowest BCUT2D eigenvalue weighted by molar-refractivity contribution is -0.116. The van der Waals surface area contributed by atoms with Crippen molar-refractivity contribution in [2.24, 2.45) is 0 Å². The number of ether oxygens (including phenoxy) is 2. The summed E-state index contributed by atoms with van der Waals surface area (Å²) in [5.41, 5.74) is 0.930. The number of hydrogen-bond donors (Lipinski definition) is 1. The van der Waals surface area contributed by atoms with Gasteiger partial charge in [-0.2, -0.15) is 0 Å². The minimum absolute atomic E-state index is 0.196. The first-order valence-electron chi connectivity index (χ1n) is 8.69. The molecule has 2 aliphatic heterocycles. The number of amides is 2. The topological polar surface area (TPSA) is 71.1 Å². The highest BCUT2D eigenvalue weighted by Gasteiger charge is 2.33. The number of benzene rings is 1. The fraction of sp³-hybridized carbons (Fsp3) is 0.444. The van der Waals surface area contributed by atoms with Crippen LogP contribution in [0.15, 0.2) is 30.4 Å². The van der Waals surface area contributed by atoms with Crippen LogP contribution in [-0.4, -0.2) is 62.8 Å². The van der Waals surface area contributed by atoms with Gasteiger partial charge in [-0.05, 0) is 24.3 Å². The molecule has 0 spiro atoms. The molecule has 2 saturated heterocycles. The number of carbonyl (C=O) groups is 2. The molecule has 7 nitrogen and oxygen atoms in total. The Morgan fingerprint density at radius 2 is 2.15 bits per heavy atom. The first kappa shape index (κ1) is 19.6. The Hall–Kier alpha value is -2.13. The molecular weight excluding hydrogens is 421 g/mol. The van der Waals surface area contributed by atoms with Crippen molar-refractivity contribution >= 4 is 39.3 Å². The number of rotatable bonds is 6. The monoisotopic (exact) mass is 441 g/mol. The smallest absolute Gasteiger partial charge is 0.414 e. The maximum absolute atomic E-state index is 14.6. The number of nitrogens with zero attached hydrogens (tertiary/aromatic N) is 2. The van der Waals surface area contributed by atoms with Crippen LogP contribution in [0.5, 0.6) is 0 Å². The van der Waals surface area contributed by atoms with Crippen LogP contribution < -0.4 is 15.1 Å². The predicted molar refractivity (Wildman–Crippen MR) is 103 cm³/mol. The van der Waals surface area contributed by atoms with E-state index in [2.05, 4.69) is 21.2 Å². The molecule has 2 amide bonds. The van der Waals surface area contributed by atoms with E-state index in [0.717, 1.165) is 0 Å². The van der Waals surface area contributed by atoms with E-state index < -0.39 is 12.2 Å². The summed E-state index contributed by atoms with van der Waals surface area (Å²) in [7, 11) is 0. The average Bonchev–Trinajstić information content (AvgIpc) is 3.06. The van der Waals surface area contributed by atoms with Crippen LogP contribution >= 0.6 is 15.9 Å². The maximum Gasteiger partial charge on any atom is 0.414 e. The summed E-state index contributed by atoms with van der Waals surface area (Å²) in [4.78, 5) is 27.0. The largest absolute Gasteiger partial charge is 0.442 e. The first-order chi connectivity index (χ1) is 13.1. The van der Waals surface area contributed by atoms with Gasteiger partial charge in [0.2, 0.25) is 5.91 Å². The van der Waals surface area contributed by atoms with Gasteiger partial charge in [-0.15, -0.1) is 0 Å². The van der Waals surface area contributed by atoms with Crippen LogP contribution in [0.25, 0.3) is 0 Å². The molecule has 2 aliphatic rings. The SMILES string of the molecule is O=C(C=CCBr)NC[C@H]1CN(c2ccc(N3CCOCC3)c(F)c2)C(=O)O1. The Labute approximate surface area is 165 Å².